The Labute approximate surface area is 164 Å². The highest BCUT2D eigenvalue weighted by Gasteiger charge is 2.12. The van der Waals surface area contributed by atoms with Crippen LogP contribution in [0.2, 0.25) is 0 Å². The third-order valence-electron chi connectivity index (χ3n) is 4.36. The SMILES string of the molecule is COc1cc(OC)cc(C(=O)Nc2ccc(NCCN3CCOCC3)nn2)c1. The van der Waals surface area contributed by atoms with E-state index in [4.69, 9.17) is 14.2 Å². The van der Waals surface area contributed by atoms with Gasteiger partial charge in [0.25, 0.3) is 5.91 Å². The molecule has 1 saturated heterocycles. The van der Waals surface area contributed by atoms with Gasteiger partial charge in [-0.1, -0.05) is 0 Å². The van der Waals surface area contributed by atoms with Crippen molar-refractivity contribution in [2.75, 3.05) is 64.2 Å². The fraction of sp³-hybridized carbons (Fsp3) is 0.421. The van der Waals surface area contributed by atoms with Crippen LogP contribution >= 0.6 is 0 Å². The molecular formula is C19H25N5O4. The number of ether oxygens (including phenoxy) is 3. The zero-order valence-corrected chi connectivity index (χ0v) is 16.1. The third kappa shape index (κ3) is 5.54. The molecule has 0 spiro atoms. The standard InChI is InChI=1S/C19H25N5O4/c1-26-15-11-14(12-16(13-15)27-2)19(25)21-18-4-3-17(22-23-18)20-5-6-24-7-9-28-10-8-24/h3-4,11-13H,5-10H2,1-2H3,(H,20,22)(H,21,23,25). The van der Waals surface area contributed by atoms with Crippen LogP contribution in [0.1, 0.15) is 10.4 Å². The average Bonchev–Trinajstić information content (AvgIpc) is 2.75. The van der Waals surface area contributed by atoms with E-state index >= 15 is 0 Å². The molecule has 3 rings (SSSR count). The Balaban J connectivity index is 1.52. The minimum atomic E-state index is -0.320. The Bertz CT molecular complexity index is 756. The maximum Gasteiger partial charge on any atom is 0.257 e. The number of carbonyl (C=O) groups is 1. The topological polar surface area (TPSA) is 97.8 Å². The van der Waals surface area contributed by atoms with Crippen molar-refractivity contribution in [1.82, 2.24) is 15.1 Å². The van der Waals surface area contributed by atoms with E-state index in [1.807, 2.05) is 0 Å². The van der Waals surface area contributed by atoms with Crippen LogP contribution in [-0.2, 0) is 4.74 Å². The van der Waals surface area contributed by atoms with Crippen molar-refractivity contribution in [2.45, 2.75) is 0 Å². The molecule has 0 radical (unpaired) electrons. The number of amides is 1. The normalized spacial score (nSPS) is 14.4. The summed E-state index contributed by atoms with van der Waals surface area (Å²) in [6.07, 6.45) is 0. The first-order chi connectivity index (χ1) is 13.7. The minimum absolute atomic E-state index is 0.320. The summed E-state index contributed by atoms with van der Waals surface area (Å²) in [6, 6.07) is 8.46. The van der Waals surface area contributed by atoms with Crippen molar-refractivity contribution < 1.29 is 19.0 Å². The summed E-state index contributed by atoms with van der Waals surface area (Å²) in [7, 11) is 3.07. The number of hydrogen-bond donors (Lipinski definition) is 2. The predicted octanol–water partition coefficient (Wildman–Crippen LogP) is 1.49. The highest BCUT2D eigenvalue weighted by atomic mass is 16.5. The van der Waals surface area contributed by atoms with Crippen molar-refractivity contribution in [3.63, 3.8) is 0 Å². The predicted molar refractivity (Wildman–Crippen MR) is 105 cm³/mol. The van der Waals surface area contributed by atoms with Crippen LogP contribution in [0.5, 0.6) is 11.5 Å². The summed E-state index contributed by atoms with van der Waals surface area (Å²) in [4.78, 5) is 14.8. The molecule has 2 aromatic rings. The lowest BCUT2D eigenvalue weighted by Gasteiger charge is -2.26. The van der Waals surface area contributed by atoms with Gasteiger partial charge in [0.1, 0.15) is 17.3 Å². The fourth-order valence-corrected chi connectivity index (χ4v) is 2.79. The van der Waals surface area contributed by atoms with Gasteiger partial charge in [0.2, 0.25) is 0 Å². The number of nitrogens with one attached hydrogen (secondary N) is 2. The summed E-state index contributed by atoms with van der Waals surface area (Å²) in [5, 5.41) is 14.1. The van der Waals surface area contributed by atoms with Gasteiger partial charge in [-0.05, 0) is 24.3 Å². The molecule has 9 heteroatoms. The van der Waals surface area contributed by atoms with Gasteiger partial charge in [0, 0.05) is 37.8 Å². The number of nitrogens with zero attached hydrogens (tertiary/aromatic N) is 3. The van der Waals surface area contributed by atoms with Crippen LogP contribution in [0.25, 0.3) is 0 Å². The molecule has 1 amide bonds. The first-order valence-electron chi connectivity index (χ1n) is 9.10. The molecule has 1 fully saturated rings. The van der Waals surface area contributed by atoms with Gasteiger partial charge in [0.15, 0.2) is 5.82 Å². The first kappa shape index (κ1) is 19.8. The Morgan fingerprint density at radius 1 is 1.07 bits per heavy atom. The number of methoxy groups -OCH3 is 2. The second kappa shape index (κ2) is 9.86. The van der Waals surface area contributed by atoms with Crippen molar-refractivity contribution in [2.24, 2.45) is 0 Å². The van der Waals surface area contributed by atoms with Crippen LogP contribution in [0.4, 0.5) is 11.6 Å². The van der Waals surface area contributed by atoms with E-state index in [0.29, 0.717) is 28.7 Å². The number of rotatable bonds is 8. The zero-order chi connectivity index (χ0) is 19.8. The molecular weight excluding hydrogens is 362 g/mol. The molecule has 2 heterocycles. The summed E-state index contributed by atoms with van der Waals surface area (Å²) >= 11 is 0. The highest BCUT2D eigenvalue weighted by molar-refractivity contribution is 6.04. The smallest absolute Gasteiger partial charge is 0.257 e. The maximum atomic E-state index is 12.5. The van der Waals surface area contributed by atoms with E-state index in [2.05, 4.69) is 25.7 Å². The van der Waals surface area contributed by atoms with E-state index in [0.717, 1.165) is 39.4 Å². The highest BCUT2D eigenvalue weighted by Crippen LogP contribution is 2.23. The summed E-state index contributed by atoms with van der Waals surface area (Å²) in [5.41, 5.74) is 0.408. The molecule has 1 aromatic carbocycles. The summed E-state index contributed by atoms with van der Waals surface area (Å²) < 4.78 is 15.7. The summed E-state index contributed by atoms with van der Waals surface area (Å²) in [6.45, 7) is 5.16. The zero-order valence-electron chi connectivity index (χ0n) is 16.1. The van der Waals surface area contributed by atoms with Crippen molar-refractivity contribution in [3.8, 4) is 11.5 Å². The Kier molecular flexibility index (Phi) is 6.99. The molecule has 9 nitrogen and oxygen atoms in total. The van der Waals surface area contributed by atoms with Gasteiger partial charge in [-0.15, -0.1) is 10.2 Å². The van der Waals surface area contributed by atoms with Crippen LogP contribution < -0.4 is 20.1 Å². The molecule has 0 atom stereocenters. The first-order valence-corrected chi connectivity index (χ1v) is 9.10. The van der Waals surface area contributed by atoms with Gasteiger partial charge in [0.05, 0.1) is 27.4 Å². The molecule has 28 heavy (non-hydrogen) atoms. The van der Waals surface area contributed by atoms with Crippen molar-refractivity contribution in [1.29, 1.82) is 0 Å². The fourth-order valence-electron chi connectivity index (χ4n) is 2.79. The van der Waals surface area contributed by atoms with Gasteiger partial charge < -0.3 is 24.8 Å². The lowest BCUT2D eigenvalue weighted by molar-refractivity contribution is 0.0398. The van der Waals surface area contributed by atoms with E-state index in [1.165, 1.54) is 14.2 Å². The van der Waals surface area contributed by atoms with Crippen LogP contribution in [0.15, 0.2) is 30.3 Å². The van der Waals surface area contributed by atoms with E-state index in [9.17, 15) is 4.79 Å². The Morgan fingerprint density at radius 3 is 2.32 bits per heavy atom. The number of morpholine rings is 1. The van der Waals surface area contributed by atoms with Gasteiger partial charge in [-0.3, -0.25) is 9.69 Å². The third-order valence-corrected chi connectivity index (χ3v) is 4.36. The molecule has 2 N–H and O–H groups in total. The van der Waals surface area contributed by atoms with Gasteiger partial charge in [-0.2, -0.15) is 0 Å². The van der Waals surface area contributed by atoms with E-state index in [-0.39, 0.29) is 5.91 Å². The minimum Gasteiger partial charge on any atom is -0.497 e. The second-order valence-electron chi connectivity index (χ2n) is 6.24. The molecule has 0 aliphatic carbocycles. The lowest BCUT2D eigenvalue weighted by atomic mass is 10.2. The van der Waals surface area contributed by atoms with Gasteiger partial charge >= 0.3 is 0 Å². The van der Waals surface area contributed by atoms with Crippen LogP contribution in [-0.4, -0.2) is 74.6 Å². The molecule has 0 bridgehead atoms. The van der Waals surface area contributed by atoms with E-state index in [1.54, 1.807) is 30.3 Å². The lowest BCUT2D eigenvalue weighted by Crippen LogP contribution is -2.39. The van der Waals surface area contributed by atoms with Crippen molar-refractivity contribution in [3.05, 3.63) is 35.9 Å². The number of aromatic nitrogens is 2. The quantitative estimate of drug-likeness (QED) is 0.703. The molecule has 150 valence electrons. The van der Waals surface area contributed by atoms with Gasteiger partial charge in [-0.25, -0.2) is 0 Å². The Hall–Kier alpha value is -2.91. The molecule has 1 aromatic heterocycles. The summed E-state index contributed by atoms with van der Waals surface area (Å²) in [5.74, 6) is 1.78. The van der Waals surface area contributed by atoms with Crippen molar-refractivity contribution >= 4 is 17.5 Å². The molecule has 0 unspecified atom stereocenters. The average molecular weight is 387 g/mol. The van der Waals surface area contributed by atoms with Crippen LogP contribution in [0.3, 0.4) is 0 Å². The number of benzene rings is 1. The number of carbonyl (C=O) groups excluding carboxylic acids is 1. The monoisotopic (exact) mass is 387 g/mol. The Morgan fingerprint density at radius 2 is 1.71 bits per heavy atom. The second-order valence-corrected chi connectivity index (χ2v) is 6.24. The largest absolute Gasteiger partial charge is 0.497 e. The molecule has 1 aliphatic heterocycles. The number of anilines is 2. The maximum absolute atomic E-state index is 12.5. The number of hydrogen-bond acceptors (Lipinski definition) is 8. The molecule has 1 aliphatic rings. The van der Waals surface area contributed by atoms with E-state index < -0.39 is 0 Å². The molecule has 0 saturated carbocycles. The van der Waals surface area contributed by atoms with Crippen LogP contribution in [0, 0.1) is 0 Å².